The summed E-state index contributed by atoms with van der Waals surface area (Å²) < 4.78 is 0. The molecule has 0 saturated heterocycles. The Bertz CT molecular complexity index is 6.85. The van der Waals surface area contributed by atoms with Gasteiger partial charge in [-0.05, 0) is 0 Å². The topological polar surface area (TPSA) is 20.2 Å². The van der Waals surface area contributed by atoms with E-state index in [1.54, 1.807) is 6.92 Å². The van der Waals surface area contributed by atoms with Crippen molar-refractivity contribution in [3.8, 4) is 0 Å². The maximum absolute atomic E-state index is 7.44. The quantitative estimate of drug-likeness (QED) is 0.463. The molecule has 32 valence electrons. The van der Waals surface area contributed by atoms with Crippen molar-refractivity contribution < 1.29 is 22.5 Å². The zero-order valence-corrected chi connectivity index (χ0v) is 4.71. The maximum atomic E-state index is 7.44. The number of aliphatic hydroxyl groups excluding tert-OH is 1. The summed E-state index contributed by atoms with van der Waals surface area (Å²) in [5.41, 5.74) is 0. The van der Waals surface area contributed by atoms with Crippen molar-refractivity contribution >= 4 is 0 Å². The second-order valence-electron chi connectivity index (χ2n) is 0.258. The molecular formula is C3H8CrO. The molecule has 2 heteroatoms. The molecule has 0 unspecified atom stereocenters. The van der Waals surface area contributed by atoms with Crippen LogP contribution in [0.25, 0.3) is 0 Å². The van der Waals surface area contributed by atoms with Crippen molar-refractivity contribution in [1.82, 2.24) is 0 Å². The van der Waals surface area contributed by atoms with Crippen LogP contribution in [0, 0.1) is 14.0 Å². The van der Waals surface area contributed by atoms with Crippen molar-refractivity contribution in [2.45, 2.75) is 6.92 Å². The molecule has 0 aliphatic carbocycles. The first-order valence-electron chi connectivity index (χ1n) is 0.836. The largest absolute Gasteiger partial charge is 2.00 e. The van der Waals surface area contributed by atoms with E-state index >= 15 is 0 Å². The third kappa shape index (κ3) is 115. The van der Waals surface area contributed by atoms with Gasteiger partial charge in [0.1, 0.15) is 0 Å². The molecule has 1 N–H and O–H groups in total. The molecule has 0 aromatic rings. The summed E-state index contributed by atoms with van der Waals surface area (Å²) in [5.74, 6) is 0. The van der Waals surface area contributed by atoms with Crippen molar-refractivity contribution in [3.05, 3.63) is 14.0 Å². The Balaban J connectivity index is -0.0000000200. The molecule has 0 fully saturated rings. The molecule has 0 amide bonds. The Hall–Kier alpha value is 0.492. The van der Waals surface area contributed by atoms with Crippen LogP contribution in [0.5, 0.6) is 0 Å². The van der Waals surface area contributed by atoms with Gasteiger partial charge in [-0.3, -0.25) is 0 Å². The van der Waals surface area contributed by atoms with Gasteiger partial charge in [-0.25, -0.2) is 6.61 Å². The third-order valence-corrected chi connectivity index (χ3v) is 0. The van der Waals surface area contributed by atoms with Gasteiger partial charge < -0.3 is 12.5 Å². The van der Waals surface area contributed by atoms with Crippen LogP contribution in [0.4, 0.5) is 0 Å². The van der Waals surface area contributed by atoms with Crippen molar-refractivity contribution in [2.75, 3.05) is 0 Å². The molecule has 5 heavy (non-hydrogen) atoms. The van der Waals surface area contributed by atoms with Crippen LogP contribution in [0.1, 0.15) is 6.92 Å². The third-order valence-electron chi connectivity index (χ3n) is 0. The average Bonchev–Trinajstić information content (AvgIpc) is 0.918. The summed E-state index contributed by atoms with van der Waals surface area (Å²) in [6.07, 6.45) is 0. The van der Waals surface area contributed by atoms with E-state index < -0.39 is 0 Å². The predicted molar refractivity (Wildman–Crippen MR) is 18.3 cm³/mol. The van der Waals surface area contributed by atoms with Gasteiger partial charge in [0, 0.05) is 0 Å². The van der Waals surface area contributed by atoms with E-state index in [-0.39, 0.29) is 24.8 Å². The van der Waals surface area contributed by atoms with Crippen LogP contribution in [0.3, 0.4) is 0 Å². The molecule has 0 heterocycles. The van der Waals surface area contributed by atoms with Crippen LogP contribution in [-0.2, 0) is 17.4 Å². The summed E-state index contributed by atoms with van der Waals surface area (Å²) in [5, 5.41) is 7.44. The maximum Gasteiger partial charge on any atom is 2.00 e. The van der Waals surface area contributed by atoms with Crippen LogP contribution in [-0.4, -0.2) is 5.11 Å². The van der Waals surface area contributed by atoms with E-state index in [1.807, 2.05) is 0 Å². The molecule has 0 saturated carbocycles. The van der Waals surface area contributed by atoms with Crippen LogP contribution in [0.2, 0.25) is 0 Å². The molecule has 0 spiro atoms. The van der Waals surface area contributed by atoms with Crippen LogP contribution >= 0.6 is 0 Å². The average molecular weight is 112 g/mol. The summed E-state index contributed by atoms with van der Waals surface area (Å²) in [4.78, 5) is 0. The Labute approximate surface area is 44.1 Å². The summed E-state index contributed by atoms with van der Waals surface area (Å²) in [7, 11) is 0. The van der Waals surface area contributed by atoms with E-state index in [1.165, 1.54) is 0 Å². The van der Waals surface area contributed by atoms with E-state index in [0.717, 1.165) is 6.61 Å². The predicted octanol–water partition coefficient (Wildman–Crippen LogP) is 0.988. The molecule has 0 aliphatic rings. The number of aliphatic hydroxyl groups is 1. The van der Waals surface area contributed by atoms with E-state index in [9.17, 15) is 0 Å². The molecule has 0 aromatic heterocycles. The second kappa shape index (κ2) is 24.6. The van der Waals surface area contributed by atoms with Crippen LogP contribution < -0.4 is 0 Å². The van der Waals surface area contributed by atoms with Gasteiger partial charge in [0.15, 0.2) is 0 Å². The number of rotatable bonds is 0. The normalized spacial score (nSPS) is 3.60. The van der Waals surface area contributed by atoms with Crippen molar-refractivity contribution in [1.29, 1.82) is 0 Å². The summed E-state index contributed by atoms with van der Waals surface area (Å²) in [6.45, 7) is 2.56. The zero-order valence-electron chi connectivity index (χ0n) is 3.43. The van der Waals surface area contributed by atoms with Gasteiger partial charge in [-0.15, -0.1) is 0 Å². The van der Waals surface area contributed by atoms with Gasteiger partial charge in [0.05, 0.1) is 0 Å². The second-order valence-corrected chi connectivity index (χ2v) is 0.258. The fourth-order valence-electron chi connectivity index (χ4n) is 0. The molecule has 0 aliphatic heterocycles. The molecule has 0 atom stereocenters. The van der Waals surface area contributed by atoms with E-state index in [0.29, 0.717) is 0 Å². The minimum absolute atomic E-state index is 0. The van der Waals surface area contributed by atoms with Gasteiger partial charge in [-0.2, -0.15) is 6.92 Å². The van der Waals surface area contributed by atoms with Gasteiger partial charge in [0.25, 0.3) is 0 Å². The minimum Gasteiger partial charge on any atom is -0.566 e. The molecular weight excluding hydrogens is 104 g/mol. The van der Waals surface area contributed by atoms with Crippen molar-refractivity contribution in [3.63, 3.8) is 0 Å². The first kappa shape index (κ1) is 17.8. The van der Waals surface area contributed by atoms with E-state index in [4.69, 9.17) is 5.11 Å². The van der Waals surface area contributed by atoms with E-state index in [2.05, 4.69) is 0 Å². The molecule has 1 nitrogen and oxygen atoms in total. The fourth-order valence-corrected chi connectivity index (χ4v) is 0. The number of hydrogen-bond acceptors (Lipinski definition) is 1. The minimum atomic E-state index is 0. The molecule has 0 aromatic carbocycles. The van der Waals surface area contributed by atoms with Crippen molar-refractivity contribution in [2.24, 2.45) is 0 Å². The summed E-state index contributed by atoms with van der Waals surface area (Å²) in [6, 6.07) is 0. The Kier molecular flexibility index (Phi) is 87.8. The van der Waals surface area contributed by atoms with Gasteiger partial charge in [0.2, 0.25) is 0 Å². The smallest absolute Gasteiger partial charge is 0.566 e. The summed E-state index contributed by atoms with van der Waals surface area (Å²) >= 11 is 0. The SMILES string of the molecule is C[CH-]O.[CH3-].[Cr+2]. The molecule has 0 bridgehead atoms. The Morgan fingerprint density at radius 3 is 1.60 bits per heavy atom. The Morgan fingerprint density at radius 1 is 1.60 bits per heavy atom. The first-order chi connectivity index (χ1) is 1.41. The Morgan fingerprint density at radius 2 is 1.60 bits per heavy atom. The molecule has 0 rings (SSSR count). The fraction of sp³-hybridized carbons (Fsp3) is 0.333. The monoisotopic (exact) mass is 112 g/mol. The van der Waals surface area contributed by atoms with Gasteiger partial charge in [-0.1, -0.05) is 0 Å². The van der Waals surface area contributed by atoms with Gasteiger partial charge >= 0.3 is 17.4 Å². The van der Waals surface area contributed by atoms with Crippen LogP contribution in [0.15, 0.2) is 0 Å². The molecule has 0 radical (unpaired) electrons. The number of hydrogen-bond donors (Lipinski definition) is 1. The standard InChI is InChI=1S/C2H5O.CH3.Cr/c1-2-3;;/h2-3H,1H3;1H3;/q2*-1;+2. The first-order valence-corrected chi connectivity index (χ1v) is 0.836. The zero-order chi connectivity index (χ0) is 2.71.